The Morgan fingerprint density at radius 2 is 2.00 bits per heavy atom. The molecule has 2 rings (SSSR count). The second-order valence-corrected chi connectivity index (χ2v) is 3.85. The van der Waals surface area contributed by atoms with Crippen LogP contribution in [-0.2, 0) is 0 Å². The Morgan fingerprint density at radius 1 is 1.28 bits per heavy atom. The smallest absolute Gasteiger partial charge is 0.239 e. The fraction of sp³-hybridized carbons (Fsp3) is 0.167. The van der Waals surface area contributed by atoms with Gasteiger partial charge in [-0.25, -0.2) is 15.2 Å². The number of aryl methyl sites for hydroxylation is 1. The summed E-state index contributed by atoms with van der Waals surface area (Å²) in [6.07, 6.45) is 0. The van der Waals surface area contributed by atoms with Crippen LogP contribution in [0.25, 0.3) is 0 Å². The van der Waals surface area contributed by atoms with E-state index in [0.717, 1.165) is 5.69 Å². The number of nitrogens with one attached hydrogen (secondary N) is 1. The van der Waals surface area contributed by atoms with E-state index in [4.69, 9.17) is 5.84 Å². The van der Waals surface area contributed by atoms with E-state index >= 15 is 0 Å². The normalized spacial score (nSPS) is 10.2. The molecule has 1 heterocycles. The van der Waals surface area contributed by atoms with Crippen molar-refractivity contribution in [3.8, 4) is 0 Å². The molecule has 6 heteroatoms. The number of aromatic nitrogens is 2. The number of rotatable bonds is 3. The number of benzene rings is 1. The van der Waals surface area contributed by atoms with Crippen LogP contribution < -0.4 is 16.2 Å². The Bertz CT molecular complexity index is 558. The van der Waals surface area contributed by atoms with Crippen molar-refractivity contribution in [1.82, 2.24) is 9.97 Å². The maximum Gasteiger partial charge on any atom is 0.239 e. The Balaban J connectivity index is 2.43. The molecule has 0 atom stereocenters. The third kappa shape index (κ3) is 2.38. The Labute approximate surface area is 104 Å². The third-order valence-corrected chi connectivity index (χ3v) is 2.53. The molecule has 0 saturated carbocycles. The van der Waals surface area contributed by atoms with Crippen molar-refractivity contribution in [2.75, 3.05) is 17.4 Å². The minimum Gasteiger partial charge on any atom is -0.327 e. The number of hydrazine groups is 1. The van der Waals surface area contributed by atoms with Gasteiger partial charge >= 0.3 is 0 Å². The molecule has 0 aliphatic carbocycles. The molecule has 1 aromatic carbocycles. The van der Waals surface area contributed by atoms with Gasteiger partial charge in [-0.05, 0) is 19.1 Å². The highest BCUT2D eigenvalue weighted by Gasteiger charge is 2.11. The quantitative estimate of drug-likeness (QED) is 0.641. The summed E-state index contributed by atoms with van der Waals surface area (Å²) in [4.78, 5) is 9.91. The average molecular weight is 247 g/mol. The Hall–Kier alpha value is -2.21. The number of nitrogen functional groups attached to an aromatic ring is 1. The van der Waals surface area contributed by atoms with E-state index in [-0.39, 0.29) is 5.82 Å². The van der Waals surface area contributed by atoms with E-state index in [0.29, 0.717) is 17.5 Å². The standard InChI is InChI=1S/C12H14FN5/c1-8-7-11(16-12(15-8)17-14)18(2)10-6-4-3-5-9(10)13/h3-7H,14H2,1-2H3,(H,15,16,17). The van der Waals surface area contributed by atoms with Crippen LogP contribution in [0.5, 0.6) is 0 Å². The first-order valence-electron chi connectivity index (χ1n) is 5.42. The first-order chi connectivity index (χ1) is 8.61. The number of nitrogens with zero attached hydrogens (tertiary/aromatic N) is 3. The highest BCUT2D eigenvalue weighted by molar-refractivity contribution is 5.60. The molecule has 2 aromatic rings. The molecule has 3 N–H and O–H groups in total. The average Bonchev–Trinajstić information content (AvgIpc) is 2.37. The van der Waals surface area contributed by atoms with Crippen molar-refractivity contribution in [3.63, 3.8) is 0 Å². The lowest BCUT2D eigenvalue weighted by molar-refractivity contribution is 0.627. The zero-order chi connectivity index (χ0) is 13.1. The third-order valence-electron chi connectivity index (χ3n) is 2.53. The Morgan fingerprint density at radius 3 is 2.67 bits per heavy atom. The molecule has 5 nitrogen and oxygen atoms in total. The molecule has 1 aromatic heterocycles. The first-order valence-corrected chi connectivity index (χ1v) is 5.42. The van der Waals surface area contributed by atoms with Gasteiger partial charge in [0.05, 0.1) is 5.69 Å². The molecule has 0 aliphatic rings. The lowest BCUT2D eigenvalue weighted by Crippen LogP contribution is -2.17. The van der Waals surface area contributed by atoms with Gasteiger partial charge in [0.15, 0.2) is 0 Å². The lowest BCUT2D eigenvalue weighted by atomic mass is 10.3. The van der Waals surface area contributed by atoms with Crippen LogP contribution in [0, 0.1) is 12.7 Å². The van der Waals surface area contributed by atoms with Gasteiger partial charge in [-0.3, -0.25) is 5.43 Å². The van der Waals surface area contributed by atoms with Crippen LogP contribution >= 0.6 is 0 Å². The topological polar surface area (TPSA) is 67.1 Å². The molecule has 0 spiro atoms. The molecule has 0 fully saturated rings. The maximum absolute atomic E-state index is 13.7. The predicted molar refractivity (Wildman–Crippen MR) is 69.0 cm³/mol. The highest BCUT2D eigenvalue weighted by Crippen LogP contribution is 2.25. The van der Waals surface area contributed by atoms with E-state index in [1.807, 2.05) is 6.92 Å². The maximum atomic E-state index is 13.7. The van der Waals surface area contributed by atoms with Crippen LogP contribution in [0.4, 0.5) is 21.8 Å². The zero-order valence-electron chi connectivity index (χ0n) is 10.2. The van der Waals surface area contributed by atoms with Gasteiger partial charge in [0.2, 0.25) is 5.95 Å². The molecular weight excluding hydrogens is 233 g/mol. The summed E-state index contributed by atoms with van der Waals surface area (Å²) in [6.45, 7) is 1.82. The van der Waals surface area contributed by atoms with Gasteiger partial charge in [-0.15, -0.1) is 0 Å². The van der Waals surface area contributed by atoms with Gasteiger partial charge in [-0.2, -0.15) is 4.98 Å². The number of halogens is 1. The summed E-state index contributed by atoms with van der Waals surface area (Å²) < 4.78 is 13.7. The van der Waals surface area contributed by atoms with E-state index in [1.54, 1.807) is 36.2 Å². The number of hydrogen-bond acceptors (Lipinski definition) is 5. The van der Waals surface area contributed by atoms with Crippen molar-refractivity contribution in [2.24, 2.45) is 5.84 Å². The molecule has 0 saturated heterocycles. The van der Waals surface area contributed by atoms with E-state index < -0.39 is 0 Å². The summed E-state index contributed by atoms with van der Waals surface area (Å²) >= 11 is 0. The SMILES string of the molecule is Cc1cc(N(C)c2ccccc2F)nc(NN)n1. The summed E-state index contributed by atoms with van der Waals surface area (Å²) in [5.41, 5.74) is 3.58. The van der Waals surface area contributed by atoms with Gasteiger partial charge < -0.3 is 4.90 Å². The highest BCUT2D eigenvalue weighted by atomic mass is 19.1. The van der Waals surface area contributed by atoms with Crippen molar-refractivity contribution in [1.29, 1.82) is 0 Å². The largest absolute Gasteiger partial charge is 0.327 e. The molecule has 0 unspecified atom stereocenters. The number of para-hydroxylation sites is 1. The van der Waals surface area contributed by atoms with Crippen molar-refractivity contribution >= 4 is 17.5 Å². The van der Waals surface area contributed by atoms with E-state index in [9.17, 15) is 4.39 Å². The van der Waals surface area contributed by atoms with Crippen LogP contribution in [0.3, 0.4) is 0 Å². The molecule has 0 amide bonds. The second-order valence-electron chi connectivity index (χ2n) is 3.85. The minimum absolute atomic E-state index is 0.299. The van der Waals surface area contributed by atoms with E-state index in [2.05, 4.69) is 15.4 Å². The van der Waals surface area contributed by atoms with Gasteiger partial charge in [0.25, 0.3) is 0 Å². The summed E-state index contributed by atoms with van der Waals surface area (Å²) in [7, 11) is 1.74. The van der Waals surface area contributed by atoms with Crippen molar-refractivity contribution < 1.29 is 4.39 Å². The van der Waals surface area contributed by atoms with Crippen molar-refractivity contribution in [2.45, 2.75) is 6.92 Å². The molecule has 18 heavy (non-hydrogen) atoms. The molecule has 0 bridgehead atoms. The van der Waals surface area contributed by atoms with E-state index in [1.165, 1.54) is 6.07 Å². The number of anilines is 3. The summed E-state index contributed by atoms with van der Waals surface area (Å²) in [5.74, 6) is 5.85. The van der Waals surface area contributed by atoms with Crippen LogP contribution in [-0.4, -0.2) is 17.0 Å². The minimum atomic E-state index is -0.307. The monoisotopic (exact) mass is 247 g/mol. The zero-order valence-corrected chi connectivity index (χ0v) is 10.2. The number of nitrogens with two attached hydrogens (primary N) is 1. The van der Waals surface area contributed by atoms with Gasteiger partial charge in [0.1, 0.15) is 11.6 Å². The Kier molecular flexibility index (Phi) is 3.38. The van der Waals surface area contributed by atoms with Crippen LogP contribution in [0.2, 0.25) is 0 Å². The number of hydrogen-bond donors (Lipinski definition) is 2. The van der Waals surface area contributed by atoms with Crippen LogP contribution in [0.1, 0.15) is 5.69 Å². The summed E-state index contributed by atoms with van der Waals surface area (Å²) in [6, 6.07) is 8.26. The fourth-order valence-electron chi connectivity index (χ4n) is 1.64. The second kappa shape index (κ2) is 4.97. The fourth-order valence-corrected chi connectivity index (χ4v) is 1.64. The summed E-state index contributed by atoms with van der Waals surface area (Å²) in [5, 5.41) is 0. The van der Waals surface area contributed by atoms with Gasteiger partial charge in [-0.1, -0.05) is 12.1 Å². The molecular formula is C12H14FN5. The molecule has 0 radical (unpaired) electrons. The van der Waals surface area contributed by atoms with Crippen molar-refractivity contribution in [3.05, 3.63) is 41.8 Å². The van der Waals surface area contributed by atoms with Crippen LogP contribution in [0.15, 0.2) is 30.3 Å². The predicted octanol–water partition coefficient (Wildman–Crippen LogP) is 1.98. The lowest BCUT2D eigenvalue weighted by Gasteiger charge is -2.19. The molecule has 0 aliphatic heterocycles. The van der Waals surface area contributed by atoms with Gasteiger partial charge in [0, 0.05) is 18.8 Å². The first kappa shape index (κ1) is 12.3. The molecule has 94 valence electrons.